The van der Waals surface area contributed by atoms with Gasteiger partial charge < -0.3 is 0 Å². The first kappa shape index (κ1) is 27.4. The van der Waals surface area contributed by atoms with Crippen LogP contribution in [0.15, 0.2) is 36.4 Å². The summed E-state index contributed by atoms with van der Waals surface area (Å²) in [6.07, 6.45) is 4.43. The highest BCUT2D eigenvalue weighted by Crippen LogP contribution is 2.26. The van der Waals surface area contributed by atoms with Crippen LogP contribution in [0.25, 0.3) is 6.08 Å². The Balaban J connectivity index is 3.13. The summed E-state index contributed by atoms with van der Waals surface area (Å²) in [4.78, 5) is 38.5. The quantitative estimate of drug-likeness (QED) is 0.353. The first-order chi connectivity index (χ1) is 15.1. The highest BCUT2D eigenvalue weighted by Gasteiger charge is 2.35. The fourth-order valence-corrected chi connectivity index (χ4v) is 3.50. The molecule has 1 rings (SSSR count). The summed E-state index contributed by atoms with van der Waals surface area (Å²) in [6, 6.07) is 9.64. The first-order valence-electron chi connectivity index (χ1n) is 11.3. The number of benzene rings is 1. The maximum atomic E-state index is 13.3. The summed E-state index contributed by atoms with van der Waals surface area (Å²) in [7, 11) is 0. The van der Waals surface area contributed by atoms with Crippen molar-refractivity contribution in [2.24, 2.45) is 29.6 Å². The molecule has 0 fully saturated rings. The fourth-order valence-electron chi connectivity index (χ4n) is 3.50. The zero-order chi connectivity index (χ0) is 24.3. The van der Waals surface area contributed by atoms with Gasteiger partial charge in [-0.2, -0.15) is 0 Å². The van der Waals surface area contributed by atoms with E-state index in [2.05, 4.69) is 5.43 Å². The number of allylic oxidation sites excluding steroid dienone is 1. The Bertz CT molecular complexity index is 760. The van der Waals surface area contributed by atoms with Crippen LogP contribution in [0.2, 0.25) is 0 Å². The number of hydroxylamine groups is 1. The van der Waals surface area contributed by atoms with Crippen molar-refractivity contribution < 1.29 is 19.6 Å². The Morgan fingerprint density at radius 2 is 1.56 bits per heavy atom. The molecular formula is C25H39N3O4. The molecule has 0 aromatic heterocycles. The Labute approximate surface area is 192 Å². The largest absolute Gasteiger partial charge is 0.289 e. The van der Waals surface area contributed by atoms with E-state index in [1.807, 2.05) is 70.2 Å². The van der Waals surface area contributed by atoms with Gasteiger partial charge in [0.15, 0.2) is 0 Å². The van der Waals surface area contributed by atoms with Crippen molar-refractivity contribution in [1.29, 1.82) is 0 Å². The lowest BCUT2D eigenvalue weighted by Gasteiger charge is -2.31. The van der Waals surface area contributed by atoms with Crippen LogP contribution in [0.4, 0.5) is 0 Å². The third kappa shape index (κ3) is 9.22. The van der Waals surface area contributed by atoms with Gasteiger partial charge in [0.25, 0.3) is 0 Å². The third-order valence-electron chi connectivity index (χ3n) is 5.05. The molecule has 1 aromatic carbocycles. The minimum atomic E-state index is -0.780. The molecule has 0 aliphatic carbocycles. The molecule has 7 heteroatoms. The van der Waals surface area contributed by atoms with E-state index in [0.29, 0.717) is 13.0 Å². The molecule has 0 saturated heterocycles. The van der Waals surface area contributed by atoms with Gasteiger partial charge in [-0.3, -0.25) is 30.0 Å². The van der Waals surface area contributed by atoms with Crippen molar-refractivity contribution in [3.8, 4) is 0 Å². The minimum Gasteiger partial charge on any atom is -0.289 e. The van der Waals surface area contributed by atoms with Crippen LogP contribution in [-0.2, 0) is 14.4 Å². The van der Waals surface area contributed by atoms with Crippen molar-refractivity contribution in [2.45, 2.75) is 54.4 Å². The lowest BCUT2D eigenvalue weighted by atomic mass is 9.82. The second kappa shape index (κ2) is 13.7. The Hall–Kier alpha value is -2.67. The van der Waals surface area contributed by atoms with Crippen molar-refractivity contribution in [2.75, 3.05) is 6.54 Å². The van der Waals surface area contributed by atoms with Gasteiger partial charge in [0, 0.05) is 12.5 Å². The Morgan fingerprint density at radius 3 is 2.06 bits per heavy atom. The van der Waals surface area contributed by atoms with Gasteiger partial charge >= 0.3 is 0 Å². The molecule has 0 radical (unpaired) electrons. The number of carbonyl (C=O) groups excluding carboxylic acids is 3. The number of amides is 3. The SMILES string of the molecule is CC(C)C[C@H](C(=O)NN(CC(C)C)C(=O)C(C)C)[C@H](CC=Cc1ccccc1)C(=O)NO. The van der Waals surface area contributed by atoms with E-state index in [9.17, 15) is 19.6 Å². The molecule has 0 heterocycles. The zero-order valence-corrected chi connectivity index (χ0v) is 20.2. The number of hydrogen-bond acceptors (Lipinski definition) is 4. The maximum Gasteiger partial charge on any atom is 0.247 e. The van der Waals surface area contributed by atoms with E-state index in [1.54, 1.807) is 19.3 Å². The second-order valence-electron chi connectivity index (χ2n) is 9.34. The van der Waals surface area contributed by atoms with Crippen molar-refractivity contribution >= 4 is 23.8 Å². The van der Waals surface area contributed by atoms with Gasteiger partial charge in [-0.1, -0.05) is 84.0 Å². The summed E-state index contributed by atoms with van der Waals surface area (Å²) in [5, 5.41) is 10.7. The van der Waals surface area contributed by atoms with E-state index in [1.165, 1.54) is 5.01 Å². The summed E-state index contributed by atoms with van der Waals surface area (Å²) >= 11 is 0. The molecule has 7 nitrogen and oxygen atoms in total. The lowest BCUT2D eigenvalue weighted by molar-refractivity contribution is -0.149. The molecule has 3 amide bonds. The van der Waals surface area contributed by atoms with Crippen molar-refractivity contribution in [3.63, 3.8) is 0 Å². The van der Waals surface area contributed by atoms with E-state index >= 15 is 0 Å². The number of nitrogens with zero attached hydrogens (tertiary/aromatic N) is 1. The van der Waals surface area contributed by atoms with Crippen LogP contribution in [0.5, 0.6) is 0 Å². The average Bonchev–Trinajstić information content (AvgIpc) is 2.74. The molecule has 0 bridgehead atoms. The zero-order valence-electron chi connectivity index (χ0n) is 20.2. The van der Waals surface area contributed by atoms with Gasteiger partial charge in [0.05, 0.1) is 11.8 Å². The van der Waals surface area contributed by atoms with Crippen LogP contribution < -0.4 is 10.9 Å². The molecule has 0 aliphatic heterocycles. The topological polar surface area (TPSA) is 98.7 Å². The molecule has 0 saturated carbocycles. The maximum absolute atomic E-state index is 13.3. The number of carbonyl (C=O) groups is 3. The van der Waals surface area contributed by atoms with Gasteiger partial charge in [0.1, 0.15) is 0 Å². The Morgan fingerprint density at radius 1 is 0.938 bits per heavy atom. The van der Waals surface area contributed by atoms with Crippen LogP contribution in [0.1, 0.15) is 59.9 Å². The predicted octanol–water partition coefficient (Wildman–Crippen LogP) is 4.05. The van der Waals surface area contributed by atoms with Crippen molar-refractivity contribution in [3.05, 3.63) is 42.0 Å². The van der Waals surface area contributed by atoms with Gasteiger partial charge in [-0.05, 0) is 30.2 Å². The average molecular weight is 446 g/mol. The van der Waals surface area contributed by atoms with E-state index in [4.69, 9.17) is 0 Å². The van der Waals surface area contributed by atoms with Crippen LogP contribution >= 0.6 is 0 Å². The van der Waals surface area contributed by atoms with Gasteiger partial charge in [-0.15, -0.1) is 0 Å². The highest BCUT2D eigenvalue weighted by molar-refractivity contribution is 5.89. The summed E-state index contributed by atoms with van der Waals surface area (Å²) < 4.78 is 0. The smallest absolute Gasteiger partial charge is 0.247 e. The minimum absolute atomic E-state index is 0.136. The lowest BCUT2D eigenvalue weighted by Crippen LogP contribution is -2.53. The highest BCUT2D eigenvalue weighted by atomic mass is 16.5. The number of nitrogens with one attached hydrogen (secondary N) is 2. The molecule has 0 unspecified atom stereocenters. The second-order valence-corrected chi connectivity index (χ2v) is 9.34. The summed E-state index contributed by atoms with van der Waals surface area (Å²) in [5.41, 5.74) is 5.46. The molecule has 178 valence electrons. The molecule has 1 aromatic rings. The molecule has 2 atom stereocenters. The first-order valence-corrected chi connectivity index (χ1v) is 11.3. The summed E-state index contributed by atoms with van der Waals surface area (Å²) in [6.45, 7) is 11.8. The Kier molecular flexibility index (Phi) is 11.7. The fraction of sp³-hybridized carbons (Fsp3) is 0.560. The number of hydrazine groups is 1. The normalized spacial score (nSPS) is 13.4. The molecule has 32 heavy (non-hydrogen) atoms. The molecule has 0 aliphatic rings. The number of rotatable bonds is 11. The van der Waals surface area contributed by atoms with Gasteiger partial charge in [-0.25, -0.2) is 5.48 Å². The van der Waals surface area contributed by atoms with E-state index < -0.39 is 23.7 Å². The number of hydrogen-bond donors (Lipinski definition) is 3. The van der Waals surface area contributed by atoms with Gasteiger partial charge in [0.2, 0.25) is 17.7 Å². The van der Waals surface area contributed by atoms with Crippen molar-refractivity contribution in [1.82, 2.24) is 15.9 Å². The summed E-state index contributed by atoms with van der Waals surface area (Å²) in [5.74, 6) is -2.66. The third-order valence-corrected chi connectivity index (χ3v) is 5.05. The monoisotopic (exact) mass is 445 g/mol. The standard InChI is InChI=1S/C25H39N3O4/c1-17(2)15-22(23(29)26-28(16-18(3)4)25(31)19(5)6)21(24(30)27-32)14-10-13-20-11-8-7-9-12-20/h7-13,17-19,21-22,32H,14-16H2,1-6H3,(H,26,29)(H,27,30)/t21-,22-/m0/s1. The molecular weight excluding hydrogens is 406 g/mol. The molecule has 0 spiro atoms. The molecule has 3 N–H and O–H groups in total. The predicted molar refractivity (Wildman–Crippen MR) is 126 cm³/mol. The van der Waals surface area contributed by atoms with E-state index in [-0.39, 0.29) is 30.1 Å². The van der Waals surface area contributed by atoms with Crippen LogP contribution in [0.3, 0.4) is 0 Å². The van der Waals surface area contributed by atoms with Crippen LogP contribution in [-0.4, -0.2) is 34.5 Å². The van der Waals surface area contributed by atoms with E-state index in [0.717, 1.165) is 5.56 Å². The van der Waals surface area contributed by atoms with Crippen LogP contribution in [0, 0.1) is 29.6 Å².